The monoisotopic (exact) mass is 229 g/mol. The lowest BCUT2D eigenvalue weighted by Gasteiger charge is -1.99. The highest BCUT2D eigenvalue weighted by Gasteiger charge is 2.05. The van der Waals surface area contributed by atoms with E-state index in [-0.39, 0.29) is 17.4 Å². The number of carbonyl (C=O) groups excluding carboxylic acids is 1. The van der Waals surface area contributed by atoms with Crippen LogP contribution in [-0.4, -0.2) is 38.3 Å². The molecule has 0 spiro atoms. The lowest BCUT2D eigenvalue weighted by atomic mass is 10.6. The molecular formula is C8H11N3O3S. The van der Waals surface area contributed by atoms with Gasteiger partial charge in [-0.3, -0.25) is 14.3 Å². The Bertz CT molecular complexity index is 364. The van der Waals surface area contributed by atoms with Crippen molar-refractivity contribution < 1.29 is 14.7 Å². The summed E-state index contributed by atoms with van der Waals surface area (Å²) >= 11 is 1.05. The number of nitrogens with zero attached hydrogens (tertiary/aromatic N) is 2. The topological polar surface area (TPSA) is 84.2 Å². The largest absolute Gasteiger partial charge is 0.481 e. The Morgan fingerprint density at radius 1 is 1.60 bits per heavy atom. The van der Waals surface area contributed by atoms with Crippen molar-refractivity contribution in [3.8, 4) is 0 Å². The normalized spacial score (nSPS) is 9.93. The molecule has 6 nitrogen and oxygen atoms in total. The van der Waals surface area contributed by atoms with Gasteiger partial charge in [-0.25, -0.2) is 0 Å². The summed E-state index contributed by atoms with van der Waals surface area (Å²) in [7, 11) is 1.74. The number of carbonyl (C=O) groups is 2. The molecule has 1 aromatic heterocycles. The van der Waals surface area contributed by atoms with Crippen LogP contribution < -0.4 is 5.32 Å². The molecule has 0 aliphatic carbocycles. The van der Waals surface area contributed by atoms with Crippen LogP contribution in [0.4, 0.5) is 5.82 Å². The minimum atomic E-state index is -0.925. The fourth-order valence-electron chi connectivity index (χ4n) is 0.892. The number of nitrogens with one attached hydrogen (secondary N) is 1. The Kier molecular flexibility index (Phi) is 4.17. The molecule has 0 bridgehead atoms. The molecule has 0 aliphatic rings. The van der Waals surface area contributed by atoms with E-state index in [0.29, 0.717) is 5.82 Å². The maximum absolute atomic E-state index is 11.2. The van der Waals surface area contributed by atoms with Crippen LogP contribution in [0.5, 0.6) is 0 Å². The highest BCUT2D eigenvalue weighted by Crippen LogP contribution is 2.04. The van der Waals surface area contributed by atoms with Crippen LogP contribution >= 0.6 is 11.8 Å². The number of thioether (sulfide) groups is 1. The number of carboxylic acids is 1. The average Bonchev–Trinajstić information content (AvgIpc) is 2.50. The van der Waals surface area contributed by atoms with Gasteiger partial charge in [-0.15, -0.1) is 11.8 Å². The molecule has 0 aliphatic heterocycles. The van der Waals surface area contributed by atoms with Crippen LogP contribution in [0, 0.1) is 0 Å². The van der Waals surface area contributed by atoms with Crippen LogP contribution in [0.2, 0.25) is 0 Å². The molecule has 0 radical (unpaired) electrons. The van der Waals surface area contributed by atoms with Crippen molar-refractivity contribution in [3.63, 3.8) is 0 Å². The van der Waals surface area contributed by atoms with Crippen LogP contribution in [0.3, 0.4) is 0 Å². The minimum absolute atomic E-state index is 0.0738. The fourth-order valence-corrected chi connectivity index (χ4v) is 1.43. The van der Waals surface area contributed by atoms with Crippen molar-refractivity contribution in [2.75, 3.05) is 16.8 Å². The predicted molar refractivity (Wildman–Crippen MR) is 56.8 cm³/mol. The Hall–Kier alpha value is -1.50. The first-order valence-corrected chi connectivity index (χ1v) is 5.32. The number of rotatable bonds is 5. The zero-order valence-corrected chi connectivity index (χ0v) is 8.95. The highest BCUT2D eigenvalue weighted by molar-refractivity contribution is 8.00. The van der Waals surface area contributed by atoms with E-state index in [9.17, 15) is 9.59 Å². The maximum Gasteiger partial charge on any atom is 0.313 e. The average molecular weight is 229 g/mol. The lowest BCUT2D eigenvalue weighted by molar-refractivity contribution is -0.133. The second-order valence-electron chi connectivity index (χ2n) is 2.81. The molecule has 0 fully saturated rings. The number of hydrogen-bond donors (Lipinski definition) is 2. The summed E-state index contributed by atoms with van der Waals surface area (Å²) in [6.07, 6.45) is 1.71. The summed E-state index contributed by atoms with van der Waals surface area (Å²) in [6.45, 7) is 0. The third-order valence-electron chi connectivity index (χ3n) is 1.44. The molecule has 7 heteroatoms. The van der Waals surface area contributed by atoms with Crippen LogP contribution in [0.15, 0.2) is 12.3 Å². The van der Waals surface area contributed by atoms with E-state index in [0.717, 1.165) is 11.8 Å². The highest BCUT2D eigenvalue weighted by atomic mass is 32.2. The van der Waals surface area contributed by atoms with Gasteiger partial charge in [0.2, 0.25) is 5.91 Å². The number of hydrogen-bond acceptors (Lipinski definition) is 4. The Labute approximate surface area is 90.7 Å². The number of aryl methyl sites for hydroxylation is 1. The van der Waals surface area contributed by atoms with Crippen LogP contribution in [0.25, 0.3) is 0 Å². The zero-order chi connectivity index (χ0) is 11.3. The summed E-state index contributed by atoms with van der Waals surface area (Å²) in [5, 5.41) is 14.9. The van der Waals surface area contributed by atoms with Crippen molar-refractivity contribution in [3.05, 3.63) is 12.3 Å². The molecule has 0 atom stereocenters. The van der Waals surface area contributed by atoms with E-state index in [1.54, 1.807) is 24.0 Å². The van der Waals surface area contributed by atoms with E-state index in [1.165, 1.54) is 0 Å². The number of anilines is 1. The molecule has 15 heavy (non-hydrogen) atoms. The third-order valence-corrected chi connectivity index (χ3v) is 2.36. The first-order chi connectivity index (χ1) is 7.08. The smallest absolute Gasteiger partial charge is 0.313 e. The molecule has 1 heterocycles. The minimum Gasteiger partial charge on any atom is -0.481 e. The second-order valence-corrected chi connectivity index (χ2v) is 3.79. The van der Waals surface area contributed by atoms with Crippen molar-refractivity contribution in [1.82, 2.24) is 9.78 Å². The van der Waals surface area contributed by atoms with Gasteiger partial charge >= 0.3 is 5.97 Å². The zero-order valence-electron chi connectivity index (χ0n) is 8.14. The molecule has 0 aromatic carbocycles. The van der Waals surface area contributed by atoms with E-state index < -0.39 is 5.97 Å². The molecule has 82 valence electrons. The quantitative estimate of drug-likeness (QED) is 0.752. The Balaban J connectivity index is 2.27. The van der Waals surface area contributed by atoms with Gasteiger partial charge in [0, 0.05) is 19.3 Å². The summed E-state index contributed by atoms with van der Waals surface area (Å²) in [5.74, 6) is -0.664. The third kappa shape index (κ3) is 4.50. The lowest BCUT2D eigenvalue weighted by Crippen LogP contribution is -2.15. The molecule has 1 rings (SSSR count). The Morgan fingerprint density at radius 3 is 2.87 bits per heavy atom. The summed E-state index contributed by atoms with van der Waals surface area (Å²) in [5.41, 5.74) is 0. The van der Waals surface area contributed by atoms with Crippen molar-refractivity contribution in [2.45, 2.75) is 0 Å². The summed E-state index contributed by atoms with van der Waals surface area (Å²) < 4.78 is 1.57. The van der Waals surface area contributed by atoms with Gasteiger partial charge in [0.1, 0.15) is 0 Å². The first-order valence-electron chi connectivity index (χ1n) is 4.17. The van der Waals surface area contributed by atoms with Crippen LogP contribution in [0.1, 0.15) is 0 Å². The van der Waals surface area contributed by atoms with Gasteiger partial charge in [-0.2, -0.15) is 5.10 Å². The number of aromatic nitrogens is 2. The number of aliphatic carboxylic acids is 1. The molecular weight excluding hydrogens is 218 g/mol. The molecule has 0 saturated carbocycles. The van der Waals surface area contributed by atoms with E-state index in [2.05, 4.69) is 10.4 Å². The maximum atomic E-state index is 11.2. The SMILES string of the molecule is Cn1ccc(NC(=O)CSCC(=O)O)n1. The Morgan fingerprint density at radius 2 is 2.33 bits per heavy atom. The number of amides is 1. The van der Waals surface area contributed by atoms with Crippen LogP contribution in [-0.2, 0) is 16.6 Å². The van der Waals surface area contributed by atoms with E-state index in [4.69, 9.17) is 5.11 Å². The van der Waals surface area contributed by atoms with Gasteiger partial charge in [-0.05, 0) is 0 Å². The van der Waals surface area contributed by atoms with Gasteiger partial charge < -0.3 is 10.4 Å². The van der Waals surface area contributed by atoms with E-state index in [1.807, 2.05) is 0 Å². The van der Waals surface area contributed by atoms with Crippen molar-refractivity contribution in [2.24, 2.45) is 7.05 Å². The number of carboxylic acid groups (broad SMARTS) is 1. The second kappa shape index (κ2) is 5.40. The van der Waals surface area contributed by atoms with Gasteiger partial charge in [0.15, 0.2) is 5.82 Å². The van der Waals surface area contributed by atoms with Gasteiger partial charge in [0.05, 0.1) is 11.5 Å². The molecule has 1 amide bonds. The van der Waals surface area contributed by atoms with Gasteiger partial charge in [0.25, 0.3) is 0 Å². The molecule has 0 unspecified atom stereocenters. The fraction of sp³-hybridized carbons (Fsp3) is 0.375. The molecule has 1 aromatic rings. The standard InChI is InChI=1S/C8H11N3O3S/c1-11-3-2-6(10-11)9-7(12)4-15-5-8(13)14/h2-3H,4-5H2,1H3,(H,13,14)(H,9,10,12). The van der Waals surface area contributed by atoms with Gasteiger partial charge in [-0.1, -0.05) is 0 Å². The molecule has 2 N–H and O–H groups in total. The molecule has 0 saturated heterocycles. The first kappa shape index (κ1) is 11.6. The van der Waals surface area contributed by atoms with Crippen molar-refractivity contribution >= 4 is 29.5 Å². The predicted octanol–water partition coefficient (Wildman–Crippen LogP) is 0.176. The summed E-state index contributed by atoms with van der Waals surface area (Å²) in [6, 6.07) is 1.67. The summed E-state index contributed by atoms with van der Waals surface area (Å²) in [4.78, 5) is 21.4. The van der Waals surface area contributed by atoms with Crippen molar-refractivity contribution in [1.29, 1.82) is 0 Å². The van der Waals surface area contributed by atoms with E-state index >= 15 is 0 Å².